The Bertz CT molecular complexity index is 673. The minimum atomic E-state index is 0.0262. The summed E-state index contributed by atoms with van der Waals surface area (Å²) in [6.45, 7) is 0. The smallest absolute Gasteiger partial charge is 0.134 e. The topological polar surface area (TPSA) is 9.23 Å². The lowest BCUT2D eigenvalue weighted by Gasteiger charge is -2.18. The number of fused-ring (bicyclic) bond motifs is 1. The first kappa shape index (κ1) is 13.5. The highest BCUT2D eigenvalue weighted by molar-refractivity contribution is 7.10. The summed E-state index contributed by atoms with van der Waals surface area (Å²) in [5, 5.41) is 4.41. The minimum absolute atomic E-state index is 0.0262. The maximum Gasteiger partial charge on any atom is 0.134 e. The highest BCUT2D eigenvalue weighted by Gasteiger charge is 2.15. The lowest BCUT2D eigenvalue weighted by molar-refractivity contribution is 0.209. The summed E-state index contributed by atoms with van der Waals surface area (Å²) in [7, 11) is 0. The van der Waals surface area contributed by atoms with Crippen molar-refractivity contribution < 1.29 is 4.74 Å². The second-order valence-corrected chi connectivity index (χ2v) is 5.93. The van der Waals surface area contributed by atoms with Crippen LogP contribution in [0.4, 0.5) is 0 Å². The van der Waals surface area contributed by atoms with Gasteiger partial charge in [-0.1, -0.05) is 42.5 Å². The molecule has 0 saturated carbocycles. The van der Waals surface area contributed by atoms with Crippen molar-refractivity contribution >= 4 is 33.7 Å². The molecule has 0 saturated heterocycles. The zero-order valence-electron chi connectivity index (χ0n) is 11.0. The molecule has 0 N–H and O–H groups in total. The van der Waals surface area contributed by atoms with Gasteiger partial charge in [0.05, 0.1) is 0 Å². The van der Waals surface area contributed by atoms with E-state index < -0.39 is 0 Å². The molecular formula is C17H15ClOS. The van der Waals surface area contributed by atoms with Gasteiger partial charge in [0.2, 0.25) is 0 Å². The van der Waals surface area contributed by atoms with Crippen molar-refractivity contribution in [3.8, 4) is 5.75 Å². The normalized spacial score (nSPS) is 12.4. The SMILES string of the molecule is ClCC[C@H](Oc1cccc2ccccc12)c1cccs1. The first-order valence-electron chi connectivity index (χ1n) is 6.62. The van der Waals surface area contributed by atoms with Gasteiger partial charge in [0, 0.05) is 22.6 Å². The highest BCUT2D eigenvalue weighted by atomic mass is 35.5. The molecule has 0 unspecified atom stereocenters. The molecule has 0 bridgehead atoms. The number of thiophene rings is 1. The van der Waals surface area contributed by atoms with Gasteiger partial charge in [-0.25, -0.2) is 0 Å². The summed E-state index contributed by atoms with van der Waals surface area (Å²) in [5.74, 6) is 1.51. The Hall–Kier alpha value is -1.51. The van der Waals surface area contributed by atoms with Crippen LogP contribution in [0.25, 0.3) is 10.8 Å². The molecule has 0 amide bonds. The number of hydrogen-bond donors (Lipinski definition) is 0. The van der Waals surface area contributed by atoms with Gasteiger partial charge < -0.3 is 4.74 Å². The van der Waals surface area contributed by atoms with Gasteiger partial charge in [-0.2, -0.15) is 0 Å². The van der Waals surface area contributed by atoms with Gasteiger partial charge in [0.1, 0.15) is 11.9 Å². The third-order valence-electron chi connectivity index (χ3n) is 3.25. The van der Waals surface area contributed by atoms with Gasteiger partial charge in [-0.05, 0) is 22.9 Å². The first-order chi connectivity index (χ1) is 9.88. The van der Waals surface area contributed by atoms with Crippen LogP contribution in [-0.4, -0.2) is 5.88 Å². The van der Waals surface area contributed by atoms with Gasteiger partial charge in [-0.15, -0.1) is 22.9 Å². The first-order valence-corrected chi connectivity index (χ1v) is 8.03. The summed E-state index contributed by atoms with van der Waals surface area (Å²) in [6.07, 6.45) is 0.837. The van der Waals surface area contributed by atoms with E-state index in [9.17, 15) is 0 Å². The number of rotatable bonds is 5. The van der Waals surface area contributed by atoms with E-state index in [0.717, 1.165) is 17.6 Å². The monoisotopic (exact) mass is 302 g/mol. The molecule has 0 spiro atoms. The predicted octanol–water partition coefficient (Wildman–Crippen LogP) is 5.65. The molecule has 0 aliphatic carbocycles. The quantitative estimate of drug-likeness (QED) is 0.553. The Labute approximate surface area is 127 Å². The van der Waals surface area contributed by atoms with Crippen LogP contribution >= 0.6 is 22.9 Å². The Balaban J connectivity index is 1.94. The van der Waals surface area contributed by atoms with Crippen molar-refractivity contribution in [3.05, 3.63) is 64.9 Å². The highest BCUT2D eigenvalue weighted by Crippen LogP contribution is 2.32. The fourth-order valence-electron chi connectivity index (χ4n) is 2.28. The maximum absolute atomic E-state index is 6.24. The van der Waals surface area contributed by atoms with Crippen molar-refractivity contribution in [1.82, 2.24) is 0 Å². The van der Waals surface area contributed by atoms with E-state index in [2.05, 4.69) is 29.6 Å². The van der Waals surface area contributed by atoms with Crippen molar-refractivity contribution in [2.45, 2.75) is 12.5 Å². The van der Waals surface area contributed by atoms with Crippen LogP contribution in [0, 0.1) is 0 Å². The molecule has 1 nitrogen and oxygen atoms in total. The number of ether oxygens (including phenoxy) is 1. The molecular weight excluding hydrogens is 288 g/mol. The van der Waals surface area contributed by atoms with E-state index in [1.54, 1.807) is 11.3 Å². The lowest BCUT2D eigenvalue weighted by Crippen LogP contribution is -2.07. The van der Waals surface area contributed by atoms with Crippen LogP contribution in [-0.2, 0) is 0 Å². The van der Waals surface area contributed by atoms with E-state index in [4.69, 9.17) is 16.3 Å². The van der Waals surface area contributed by atoms with Crippen LogP contribution < -0.4 is 4.74 Å². The molecule has 2 aromatic carbocycles. The average molecular weight is 303 g/mol. The third kappa shape index (κ3) is 2.82. The van der Waals surface area contributed by atoms with E-state index in [1.807, 2.05) is 30.3 Å². The van der Waals surface area contributed by atoms with Gasteiger partial charge in [0.25, 0.3) is 0 Å². The molecule has 1 aromatic heterocycles. The van der Waals surface area contributed by atoms with Gasteiger partial charge in [-0.3, -0.25) is 0 Å². The van der Waals surface area contributed by atoms with Crippen molar-refractivity contribution in [2.24, 2.45) is 0 Å². The van der Waals surface area contributed by atoms with Crippen LogP contribution in [0.2, 0.25) is 0 Å². The summed E-state index contributed by atoms with van der Waals surface area (Å²) >= 11 is 7.63. The van der Waals surface area contributed by atoms with Crippen LogP contribution in [0.1, 0.15) is 17.4 Å². The molecule has 0 fully saturated rings. The summed E-state index contributed by atoms with van der Waals surface area (Å²) in [4.78, 5) is 1.22. The van der Waals surface area contributed by atoms with Crippen molar-refractivity contribution in [3.63, 3.8) is 0 Å². The zero-order valence-corrected chi connectivity index (χ0v) is 12.5. The zero-order chi connectivity index (χ0) is 13.8. The van der Waals surface area contributed by atoms with Crippen molar-refractivity contribution in [1.29, 1.82) is 0 Å². The lowest BCUT2D eigenvalue weighted by atomic mass is 10.1. The van der Waals surface area contributed by atoms with Gasteiger partial charge >= 0.3 is 0 Å². The predicted molar refractivity (Wildman–Crippen MR) is 87.0 cm³/mol. The number of alkyl halides is 1. The molecule has 3 rings (SSSR count). The van der Waals surface area contributed by atoms with E-state index in [0.29, 0.717) is 5.88 Å². The Morgan fingerprint density at radius 3 is 2.65 bits per heavy atom. The molecule has 0 aliphatic heterocycles. The summed E-state index contributed by atoms with van der Waals surface area (Å²) in [6, 6.07) is 18.6. The van der Waals surface area contributed by atoms with E-state index in [-0.39, 0.29) is 6.10 Å². The van der Waals surface area contributed by atoms with E-state index >= 15 is 0 Å². The van der Waals surface area contributed by atoms with E-state index in [1.165, 1.54) is 10.3 Å². The second kappa shape index (κ2) is 6.29. The summed E-state index contributed by atoms with van der Waals surface area (Å²) < 4.78 is 6.24. The molecule has 20 heavy (non-hydrogen) atoms. The Morgan fingerprint density at radius 1 is 1.00 bits per heavy atom. The largest absolute Gasteiger partial charge is 0.484 e. The average Bonchev–Trinajstić information content (AvgIpc) is 3.01. The third-order valence-corrected chi connectivity index (χ3v) is 4.43. The molecule has 1 heterocycles. The molecule has 102 valence electrons. The molecule has 0 radical (unpaired) electrons. The molecule has 3 heteroatoms. The Kier molecular flexibility index (Phi) is 4.24. The molecule has 1 atom stereocenters. The Morgan fingerprint density at radius 2 is 1.85 bits per heavy atom. The number of halogens is 1. The van der Waals surface area contributed by atoms with Crippen LogP contribution in [0.5, 0.6) is 5.75 Å². The second-order valence-electron chi connectivity index (χ2n) is 4.58. The van der Waals surface area contributed by atoms with Crippen LogP contribution in [0.15, 0.2) is 60.0 Å². The van der Waals surface area contributed by atoms with Gasteiger partial charge in [0.15, 0.2) is 0 Å². The fraction of sp³-hybridized carbons (Fsp3) is 0.176. The number of benzene rings is 2. The van der Waals surface area contributed by atoms with Crippen molar-refractivity contribution in [2.75, 3.05) is 5.88 Å². The standard InChI is InChI=1S/C17H15ClOS/c18-11-10-16(17-9-4-12-20-17)19-15-8-3-6-13-5-1-2-7-14(13)15/h1-9,12,16H,10-11H2/t16-/m0/s1. The van der Waals surface area contributed by atoms with Crippen LogP contribution in [0.3, 0.4) is 0 Å². The molecule has 0 aliphatic rings. The maximum atomic E-state index is 6.24. The fourth-order valence-corrected chi connectivity index (χ4v) is 3.27. The minimum Gasteiger partial charge on any atom is -0.484 e. The number of hydrogen-bond acceptors (Lipinski definition) is 2. The summed E-state index contributed by atoms with van der Waals surface area (Å²) in [5.41, 5.74) is 0. The molecule has 3 aromatic rings.